The first-order chi connectivity index (χ1) is 7.07. The van der Waals surface area contributed by atoms with Gasteiger partial charge in [-0.15, -0.1) is 0 Å². The predicted molar refractivity (Wildman–Crippen MR) is 59.5 cm³/mol. The van der Waals surface area contributed by atoms with E-state index in [-0.39, 0.29) is 0 Å². The fourth-order valence-electron chi connectivity index (χ4n) is 1.29. The van der Waals surface area contributed by atoms with Gasteiger partial charge in [0.05, 0.1) is 13.2 Å². The minimum Gasteiger partial charge on any atom is -0.497 e. The Bertz CT molecular complexity index is 366. The topological polar surface area (TPSA) is 59.0 Å². The highest BCUT2D eigenvalue weighted by molar-refractivity contribution is 5.28. The summed E-state index contributed by atoms with van der Waals surface area (Å²) in [5, 5.41) is 8.77. The molecule has 1 unspecified atom stereocenters. The van der Waals surface area contributed by atoms with Gasteiger partial charge in [-0.05, 0) is 37.5 Å². The summed E-state index contributed by atoms with van der Waals surface area (Å²) in [6.07, 6.45) is 1.44. The summed E-state index contributed by atoms with van der Waals surface area (Å²) in [6, 6.07) is 9.90. The molecule has 1 atom stereocenters. The first-order valence-electron chi connectivity index (χ1n) is 4.90. The Morgan fingerprint density at radius 3 is 2.87 bits per heavy atom. The van der Waals surface area contributed by atoms with Gasteiger partial charge in [-0.3, -0.25) is 0 Å². The quantitative estimate of drug-likeness (QED) is 0.814. The molecular formula is C12H16N2O. The van der Waals surface area contributed by atoms with Crippen LogP contribution in [0.3, 0.4) is 0 Å². The van der Waals surface area contributed by atoms with Gasteiger partial charge in [-0.25, -0.2) is 0 Å². The van der Waals surface area contributed by atoms with Crippen LogP contribution in [0.2, 0.25) is 0 Å². The van der Waals surface area contributed by atoms with Crippen molar-refractivity contribution >= 4 is 0 Å². The van der Waals surface area contributed by atoms with Gasteiger partial charge in [0.1, 0.15) is 11.3 Å². The molecule has 0 radical (unpaired) electrons. The van der Waals surface area contributed by atoms with E-state index in [1.54, 1.807) is 14.0 Å². The number of nitrogens with zero attached hydrogens (tertiary/aromatic N) is 1. The summed E-state index contributed by atoms with van der Waals surface area (Å²) in [6.45, 7) is 1.74. The van der Waals surface area contributed by atoms with Crippen LogP contribution in [-0.2, 0) is 6.42 Å². The monoisotopic (exact) mass is 204 g/mol. The molecule has 0 aliphatic heterocycles. The lowest BCUT2D eigenvalue weighted by atomic mass is 9.96. The highest BCUT2D eigenvalue weighted by atomic mass is 16.5. The lowest BCUT2D eigenvalue weighted by Gasteiger charge is -2.14. The molecule has 0 saturated heterocycles. The fraction of sp³-hybridized carbons (Fsp3) is 0.417. The Balaban J connectivity index is 2.62. The number of hydrogen-bond acceptors (Lipinski definition) is 3. The number of hydrogen-bond donors (Lipinski definition) is 1. The largest absolute Gasteiger partial charge is 0.497 e. The van der Waals surface area contributed by atoms with Crippen molar-refractivity contribution in [1.29, 1.82) is 5.26 Å². The van der Waals surface area contributed by atoms with Crippen LogP contribution in [0, 0.1) is 11.3 Å². The van der Waals surface area contributed by atoms with Gasteiger partial charge >= 0.3 is 0 Å². The molecular weight excluding hydrogens is 188 g/mol. The Morgan fingerprint density at radius 1 is 1.53 bits per heavy atom. The van der Waals surface area contributed by atoms with Crippen LogP contribution in [0.25, 0.3) is 0 Å². The van der Waals surface area contributed by atoms with Gasteiger partial charge in [0, 0.05) is 0 Å². The van der Waals surface area contributed by atoms with Crippen LogP contribution in [0.5, 0.6) is 5.75 Å². The number of ether oxygens (including phenoxy) is 1. The number of benzene rings is 1. The minimum absolute atomic E-state index is 0.649. The third-order valence-corrected chi connectivity index (χ3v) is 2.32. The maximum Gasteiger partial charge on any atom is 0.119 e. The highest BCUT2D eigenvalue weighted by Gasteiger charge is 2.16. The van der Waals surface area contributed by atoms with Crippen molar-refractivity contribution in [3.05, 3.63) is 29.8 Å². The number of methoxy groups -OCH3 is 1. The predicted octanol–water partition coefficient (Wildman–Crippen LogP) is 1.87. The molecule has 0 heterocycles. The molecule has 3 heteroatoms. The molecule has 0 aliphatic rings. The zero-order valence-electron chi connectivity index (χ0n) is 9.16. The maximum atomic E-state index is 8.77. The molecule has 1 aromatic carbocycles. The molecule has 3 nitrogen and oxygen atoms in total. The SMILES string of the molecule is COc1cccc(CCC(C)(N)C#N)c1. The van der Waals surface area contributed by atoms with Crippen LogP contribution in [0.1, 0.15) is 18.9 Å². The minimum atomic E-state index is -0.747. The molecule has 0 spiro atoms. The third-order valence-electron chi connectivity index (χ3n) is 2.32. The average molecular weight is 204 g/mol. The molecule has 0 amide bonds. The summed E-state index contributed by atoms with van der Waals surface area (Å²) < 4.78 is 5.12. The summed E-state index contributed by atoms with van der Waals surface area (Å²) in [5.74, 6) is 0.836. The zero-order valence-corrected chi connectivity index (χ0v) is 9.16. The zero-order chi connectivity index (χ0) is 11.3. The number of aryl methyl sites for hydroxylation is 1. The molecule has 0 aromatic heterocycles. The average Bonchev–Trinajstić information content (AvgIpc) is 2.27. The van der Waals surface area contributed by atoms with Crippen molar-refractivity contribution in [2.24, 2.45) is 5.73 Å². The van der Waals surface area contributed by atoms with E-state index in [9.17, 15) is 0 Å². The summed E-state index contributed by atoms with van der Waals surface area (Å²) in [5.41, 5.74) is 6.14. The van der Waals surface area contributed by atoms with Gasteiger partial charge in [0.2, 0.25) is 0 Å². The van der Waals surface area contributed by atoms with Gasteiger partial charge in [-0.2, -0.15) is 5.26 Å². The smallest absolute Gasteiger partial charge is 0.119 e. The van der Waals surface area contributed by atoms with Crippen LogP contribution in [0.15, 0.2) is 24.3 Å². The first kappa shape index (κ1) is 11.5. The number of nitrogens with two attached hydrogens (primary N) is 1. The molecule has 1 rings (SSSR count). The van der Waals surface area contributed by atoms with Crippen molar-refractivity contribution in [2.75, 3.05) is 7.11 Å². The molecule has 0 fully saturated rings. The highest BCUT2D eigenvalue weighted by Crippen LogP contribution is 2.16. The lowest BCUT2D eigenvalue weighted by Crippen LogP contribution is -2.34. The van der Waals surface area contributed by atoms with Crippen molar-refractivity contribution in [1.82, 2.24) is 0 Å². The molecule has 2 N–H and O–H groups in total. The fourth-order valence-corrected chi connectivity index (χ4v) is 1.29. The van der Waals surface area contributed by atoms with Crippen molar-refractivity contribution in [3.8, 4) is 11.8 Å². The number of rotatable bonds is 4. The molecule has 0 aliphatic carbocycles. The lowest BCUT2D eigenvalue weighted by molar-refractivity contribution is 0.414. The van der Waals surface area contributed by atoms with Gasteiger partial charge in [0.25, 0.3) is 0 Å². The van der Waals surface area contributed by atoms with Gasteiger partial charge in [-0.1, -0.05) is 12.1 Å². The molecule has 1 aromatic rings. The summed E-state index contributed by atoms with van der Waals surface area (Å²) in [7, 11) is 1.64. The molecule has 15 heavy (non-hydrogen) atoms. The Kier molecular flexibility index (Phi) is 3.70. The Morgan fingerprint density at radius 2 is 2.27 bits per heavy atom. The summed E-state index contributed by atoms with van der Waals surface area (Å²) >= 11 is 0. The third kappa shape index (κ3) is 3.61. The van der Waals surface area contributed by atoms with E-state index in [0.29, 0.717) is 6.42 Å². The van der Waals surface area contributed by atoms with E-state index in [1.807, 2.05) is 24.3 Å². The van der Waals surface area contributed by atoms with E-state index in [4.69, 9.17) is 15.7 Å². The molecule has 0 saturated carbocycles. The molecule has 80 valence electrons. The van der Waals surface area contributed by atoms with E-state index in [1.165, 1.54) is 0 Å². The van der Waals surface area contributed by atoms with E-state index in [2.05, 4.69) is 6.07 Å². The van der Waals surface area contributed by atoms with Crippen LogP contribution >= 0.6 is 0 Å². The van der Waals surface area contributed by atoms with E-state index in [0.717, 1.165) is 17.7 Å². The second-order valence-corrected chi connectivity index (χ2v) is 3.88. The second kappa shape index (κ2) is 4.81. The normalized spacial score (nSPS) is 14.0. The van der Waals surface area contributed by atoms with Crippen molar-refractivity contribution in [2.45, 2.75) is 25.3 Å². The van der Waals surface area contributed by atoms with Crippen LogP contribution in [0.4, 0.5) is 0 Å². The van der Waals surface area contributed by atoms with Crippen molar-refractivity contribution < 1.29 is 4.74 Å². The van der Waals surface area contributed by atoms with E-state index >= 15 is 0 Å². The second-order valence-electron chi connectivity index (χ2n) is 3.88. The standard InChI is InChI=1S/C12H16N2O/c1-12(14,9-13)7-6-10-4-3-5-11(8-10)15-2/h3-5,8H,6-7,14H2,1-2H3. The van der Waals surface area contributed by atoms with Crippen molar-refractivity contribution in [3.63, 3.8) is 0 Å². The molecule has 0 bridgehead atoms. The van der Waals surface area contributed by atoms with Crippen LogP contribution in [-0.4, -0.2) is 12.6 Å². The van der Waals surface area contributed by atoms with Gasteiger partial charge < -0.3 is 10.5 Å². The van der Waals surface area contributed by atoms with Crippen LogP contribution < -0.4 is 10.5 Å². The number of nitriles is 1. The Hall–Kier alpha value is -1.53. The Labute approximate surface area is 90.5 Å². The van der Waals surface area contributed by atoms with E-state index < -0.39 is 5.54 Å². The summed E-state index contributed by atoms with van der Waals surface area (Å²) in [4.78, 5) is 0. The maximum absolute atomic E-state index is 8.77. The van der Waals surface area contributed by atoms with Gasteiger partial charge in [0.15, 0.2) is 0 Å². The first-order valence-corrected chi connectivity index (χ1v) is 4.90.